The van der Waals surface area contributed by atoms with Crippen molar-refractivity contribution in [2.75, 3.05) is 139 Å². The number of carbonyl (C=O) groups is 4. The summed E-state index contributed by atoms with van der Waals surface area (Å²) in [6.07, 6.45) is 10.0. The van der Waals surface area contributed by atoms with Gasteiger partial charge in [-0.25, -0.2) is 34.9 Å². The molecule has 0 aliphatic carbocycles. The smallest absolute Gasteiger partial charge is 0.244 e. The first-order valence-corrected chi connectivity index (χ1v) is 45.8. The van der Waals surface area contributed by atoms with Gasteiger partial charge >= 0.3 is 0 Å². The number of piperazine rings is 4. The predicted octanol–water partition coefficient (Wildman–Crippen LogP) is 13.5. The monoisotopic (exact) mass is 1860 g/mol. The first-order valence-electron chi connectivity index (χ1n) is 45.8. The standard InChI is InChI=1S/2C27H25N7O2.C27H24N6O.C26H23N7O/c1-36-26-16-25(29-19-30-26)32-10-12-33(13-11-32)27(35)18-34-24(21-7-3-2-4-8-21)15-23(31-34)22-9-5-6-20(14-22)17-28;1-36-23-17-29-27(30-18-23)33-12-10-32(11-13-33)26(35)19-34-25(21-7-3-2-4-8-21)15-24(31-34)22-9-5-6-20(14-22)16-28;28-19-21-7-6-10-23(17-21)24-18-25(22-8-2-1-3-9-22)33(30-24)20-27(34)32-15-13-31(14-16-32)26-11-4-5-12-29-26;27-18-20-6-4-9-22(16-20)23-17-24(21-7-2-1-3-8-21)33(30-23)19-25(34)31-12-14-32(15-13-31)26-28-10-5-11-29-26/h2-9,14-16,19H,10-13,18H2,1H3;2-9,14-15,17-18H,10-13,19H2,1H3;1-12,17-18H,13-16,20H2;1-11,16-17H,12-15,19H2. The normalized spacial score (nSPS) is 13.4. The third kappa shape index (κ3) is 23.2. The summed E-state index contributed by atoms with van der Waals surface area (Å²) in [6, 6.07) is 95.1. The first-order chi connectivity index (χ1) is 68.7. The Morgan fingerprint density at radius 3 is 0.871 bits per heavy atom. The predicted molar refractivity (Wildman–Crippen MR) is 530 cm³/mol. The van der Waals surface area contributed by atoms with Crippen LogP contribution in [0.3, 0.4) is 0 Å². The summed E-state index contributed by atoms with van der Waals surface area (Å²) in [5.74, 6) is 4.25. The van der Waals surface area contributed by atoms with Crippen LogP contribution in [0.1, 0.15) is 22.3 Å². The molecular formula is C107H97N27O6. The van der Waals surface area contributed by atoms with Crippen LogP contribution in [0.2, 0.25) is 0 Å². The number of methoxy groups -OCH3 is 2. The number of nitriles is 4. The molecular weight excluding hydrogens is 1760 g/mol. The number of hydrogen-bond donors (Lipinski definition) is 0. The Kier molecular flexibility index (Phi) is 30.1. The molecule has 20 rings (SSSR count). The fourth-order valence-corrected chi connectivity index (χ4v) is 16.9. The number of nitrogens with zero attached hydrogens (tertiary/aromatic N) is 27. The number of aromatic nitrogens is 15. The van der Waals surface area contributed by atoms with E-state index >= 15 is 0 Å². The zero-order valence-corrected chi connectivity index (χ0v) is 77.1. The number of pyridine rings is 1. The highest BCUT2D eigenvalue weighted by Gasteiger charge is 2.31. The van der Waals surface area contributed by atoms with E-state index in [-0.39, 0.29) is 49.8 Å². The topological polar surface area (TPSA) is 369 Å². The molecule has 140 heavy (non-hydrogen) atoms. The minimum absolute atomic E-state index is 0.00269. The van der Waals surface area contributed by atoms with Crippen molar-refractivity contribution in [3.63, 3.8) is 0 Å². The van der Waals surface area contributed by atoms with Crippen molar-refractivity contribution >= 4 is 47.2 Å². The largest absolute Gasteiger partial charge is 0.494 e. The molecule has 33 heteroatoms. The van der Waals surface area contributed by atoms with Crippen molar-refractivity contribution in [2.24, 2.45) is 0 Å². The Morgan fingerprint density at radius 1 is 0.279 bits per heavy atom. The molecule has 0 saturated carbocycles. The van der Waals surface area contributed by atoms with Crippen LogP contribution in [0, 0.1) is 45.3 Å². The molecule has 0 bridgehead atoms. The highest BCUT2D eigenvalue weighted by molar-refractivity contribution is 5.82. The molecule has 4 amide bonds. The van der Waals surface area contributed by atoms with Gasteiger partial charge < -0.3 is 48.7 Å². The molecule has 4 aliphatic heterocycles. The van der Waals surface area contributed by atoms with Gasteiger partial charge in [-0.05, 0) is 113 Å². The van der Waals surface area contributed by atoms with Crippen molar-refractivity contribution in [1.82, 2.24) is 93.6 Å². The van der Waals surface area contributed by atoms with Gasteiger partial charge in [0.1, 0.15) is 44.1 Å². The first kappa shape index (κ1) is 93.4. The molecule has 33 nitrogen and oxygen atoms in total. The van der Waals surface area contributed by atoms with Crippen LogP contribution in [-0.4, -0.2) is 236 Å². The molecule has 0 radical (unpaired) electrons. The second-order valence-corrected chi connectivity index (χ2v) is 33.1. The molecule has 16 aromatic rings. The van der Waals surface area contributed by atoms with Crippen molar-refractivity contribution in [2.45, 2.75) is 26.2 Å². The van der Waals surface area contributed by atoms with E-state index in [1.165, 1.54) is 6.33 Å². The van der Waals surface area contributed by atoms with Crippen LogP contribution in [-0.2, 0) is 45.4 Å². The molecule has 12 heterocycles. The average Bonchev–Trinajstić information content (AvgIpc) is 1.67. The SMILES string of the molecule is COc1cc(N2CCN(C(=O)Cn3nc(-c4cccc(C#N)c4)cc3-c3ccccc3)CC2)ncn1.COc1cnc(N2CCN(C(=O)Cn3nc(-c4cccc(C#N)c4)cc3-c3ccccc3)CC2)nc1.N#Cc1cccc(-c2cc(-c3ccccc3)n(CC(=O)N3CCN(c4ccccn4)CC3)n2)c1.N#Cc1cccc(-c2cc(-c3ccccc3)n(CC(=O)N3CCN(c4ncccn4)CC3)n2)c1. The summed E-state index contributed by atoms with van der Waals surface area (Å²) in [7, 11) is 3.16. The van der Waals surface area contributed by atoms with Gasteiger partial charge in [0.15, 0.2) is 5.75 Å². The van der Waals surface area contributed by atoms with Gasteiger partial charge in [0.2, 0.25) is 41.4 Å². The van der Waals surface area contributed by atoms with Crippen LogP contribution in [0.15, 0.2) is 310 Å². The van der Waals surface area contributed by atoms with E-state index in [9.17, 15) is 40.2 Å². The summed E-state index contributed by atoms with van der Waals surface area (Å²) in [5.41, 5.74) is 16.0. The van der Waals surface area contributed by atoms with Crippen LogP contribution in [0.25, 0.3) is 90.1 Å². The summed E-state index contributed by atoms with van der Waals surface area (Å²) >= 11 is 0. The fourth-order valence-electron chi connectivity index (χ4n) is 16.9. The second-order valence-electron chi connectivity index (χ2n) is 33.1. The van der Waals surface area contributed by atoms with E-state index in [0.717, 1.165) is 115 Å². The van der Waals surface area contributed by atoms with Crippen LogP contribution >= 0.6 is 0 Å². The Balaban J connectivity index is 0.000000129. The van der Waals surface area contributed by atoms with E-state index in [1.54, 1.807) is 100 Å². The number of carbonyl (C=O) groups excluding carboxylic acids is 4. The number of hydrogen-bond acceptors (Lipinski definition) is 25. The number of ether oxygens (including phenoxy) is 2. The lowest BCUT2D eigenvalue weighted by Crippen LogP contribution is -2.50. The Hall–Kier alpha value is -18.4. The number of amides is 4. The fraction of sp³-hybridized carbons (Fsp3) is 0.206. The van der Waals surface area contributed by atoms with E-state index in [4.69, 9.17) is 29.9 Å². The zero-order chi connectivity index (χ0) is 96.5. The Morgan fingerprint density at radius 2 is 0.571 bits per heavy atom. The molecule has 4 aliphatic rings. The molecule has 8 aromatic heterocycles. The zero-order valence-electron chi connectivity index (χ0n) is 77.1. The van der Waals surface area contributed by atoms with E-state index in [2.05, 4.69) is 78.8 Å². The summed E-state index contributed by atoms with van der Waals surface area (Å²) < 4.78 is 17.4. The Labute approximate surface area is 809 Å². The van der Waals surface area contributed by atoms with Crippen LogP contribution in [0.5, 0.6) is 11.6 Å². The lowest BCUT2D eigenvalue weighted by Gasteiger charge is -2.35. The number of rotatable bonds is 22. The maximum absolute atomic E-state index is 13.3. The van der Waals surface area contributed by atoms with E-state index < -0.39 is 0 Å². The van der Waals surface area contributed by atoms with Crippen LogP contribution < -0.4 is 29.1 Å². The third-order valence-electron chi connectivity index (χ3n) is 24.3. The summed E-state index contributed by atoms with van der Waals surface area (Å²) in [4.78, 5) is 99.1. The number of anilines is 4. The van der Waals surface area contributed by atoms with Gasteiger partial charge in [-0.2, -0.15) is 41.4 Å². The lowest BCUT2D eigenvalue weighted by atomic mass is 10.1. The molecule has 0 unspecified atom stereocenters. The molecule has 4 saturated heterocycles. The Bertz CT molecular complexity index is 6920. The van der Waals surface area contributed by atoms with Crippen molar-refractivity contribution in [3.05, 3.63) is 333 Å². The third-order valence-corrected chi connectivity index (χ3v) is 24.3. The van der Waals surface area contributed by atoms with Gasteiger partial charge in [0.05, 0.1) is 119 Å². The maximum atomic E-state index is 13.3. The van der Waals surface area contributed by atoms with Crippen LogP contribution in [0.4, 0.5) is 23.5 Å². The maximum Gasteiger partial charge on any atom is 0.244 e. The quantitative estimate of drug-likeness (QED) is 0.0608. The van der Waals surface area contributed by atoms with E-state index in [0.29, 0.717) is 137 Å². The second kappa shape index (κ2) is 45.1. The lowest BCUT2D eigenvalue weighted by molar-refractivity contribution is -0.133. The highest BCUT2D eigenvalue weighted by atomic mass is 16.5. The van der Waals surface area contributed by atoms with Gasteiger partial charge in [-0.15, -0.1) is 0 Å². The molecule has 0 spiro atoms. The molecule has 4 fully saturated rings. The van der Waals surface area contributed by atoms with Crippen molar-refractivity contribution in [3.8, 4) is 126 Å². The van der Waals surface area contributed by atoms with Gasteiger partial charge in [-0.3, -0.25) is 37.9 Å². The highest BCUT2D eigenvalue weighted by Crippen LogP contribution is 2.34. The van der Waals surface area contributed by atoms with Gasteiger partial charge in [0, 0.05) is 152 Å². The summed E-state index contributed by atoms with van der Waals surface area (Å²) in [5, 5.41) is 56.2. The van der Waals surface area contributed by atoms with Crippen molar-refractivity contribution in [1.29, 1.82) is 21.0 Å². The summed E-state index contributed by atoms with van der Waals surface area (Å²) in [6.45, 7) is 10.9. The van der Waals surface area contributed by atoms with E-state index in [1.807, 2.05) is 256 Å². The molecule has 0 N–H and O–H groups in total. The molecule has 0 atom stereocenters. The average molecular weight is 1860 g/mol. The number of benzene rings is 8. The minimum Gasteiger partial charge on any atom is -0.494 e. The minimum atomic E-state index is 0.00269. The van der Waals surface area contributed by atoms with Gasteiger partial charge in [-0.1, -0.05) is 176 Å². The molecule has 696 valence electrons. The van der Waals surface area contributed by atoms with Gasteiger partial charge in [0.25, 0.3) is 0 Å². The van der Waals surface area contributed by atoms with Crippen molar-refractivity contribution < 1.29 is 28.7 Å². The molecule has 8 aromatic carbocycles.